The van der Waals surface area contributed by atoms with E-state index in [9.17, 15) is 14.4 Å². The summed E-state index contributed by atoms with van der Waals surface area (Å²) < 4.78 is 0. The molecule has 1 aromatic carbocycles. The van der Waals surface area contributed by atoms with Crippen molar-refractivity contribution in [3.63, 3.8) is 0 Å². The number of carbonyl (C=O) groups is 3. The predicted octanol–water partition coefficient (Wildman–Crippen LogP) is 1.65. The van der Waals surface area contributed by atoms with Crippen LogP contribution in [0.4, 0.5) is 5.82 Å². The molecule has 2 fully saturated rings. The van der Waals surface area contributed by atoms with Crippen molar-refractivity contribution in [1.82, 2.24) is 25.5 Å². The maximum atomic E-state index is 13.2. The molecular weight excluding hydrogens is 444 g/mol. The van der Waals surface area contributed by atoms with Gasteiger partial charge < -0.3 is 15.1 Å². The zero-order chi connectivity index (χ0) is 22.9. The van der Waals surface area contributed by atoms with Crippen LogP contribution in [0.3, 0.4) is 0 Å². The highest BCUT2D eigenvalue weighted by Gasteiger charge is 2.40. The molecule has 0 saturated carbocycles. The molecule has 0 bridgehead atoms. The Kier molecular flexibility index (Phi) is 5.99. The maximum Gasteiger partial charge on any atom is 0.255 e. The normalized spacial score (nSPS) is 21.2. The molecule has 3 aliphatic heterocycles. The number of anilines is 1. The molecule has 0 spiro atoms. The van der Waals surface area contributed by atoms with E-state index < -0.39 is 11.9 Å². The smallest absolute Gasteiger partial charge is 0.255 e. The van der Waals surface area contributed by atoms with Gasteiger partial charge in [-0.2, -0.15) is 0 Å². The number of carbonyl (C=O) groups excluding carboxylic acids is 3. The van der Waals surface area contributed by atoms with Gasteiger partial charge in [-0.1, -0.05) is 23.7 Å². The summed E-state index contributed by atoms with van der Waals surface area (Å²) in [5.74, 6) is -0.156. The van der Waals surface area contributed by atoms with Gasteiger partial charge in [-0.05, 0) is 49.5 Å². The van der Waals surface area contributed by atoms with Gasteiger partial charge in [0.1, 0.15) is 17.0 Å². The standard InChI is InChI=1S/C23H25ClN6O3/c24-19-10-26-11-20(27-19)29(15-6-8-25-9-7-15)12-14-2-1-3-16-17(14)13-30(23(16)33)18-4-5-21(31)28-22(18)32/h1-3,10-11,15,18,25H,4-9,12-13H2,(H,28,31,32). The minimum absolute atomic E-state index is 0.169. The van der Waals surface area contributed by atoms with E-state index in [4.69, 9.17) is 11.6 Å². The summed E-state index contributed by atoms with van der Waals surface area (Å²) in [5, 5.41) is 6.08. The van der Waals surface area contributed by atoms with E-state index in [1.807, 2.05) is 12.1 Å². The lowest BCUT2D eigenvalue weighted by molar-refractivity contribution is -0.136. The van der Waals surface area contributed by atoms with Crippen LogP contribution in [0.5, 0.6) is 0 Å². The third-order valence-electron chi connectivity index (χ3n) is 6.66. The summed E-state index contributed by atoms with van der Waals surface area (Å²) >= 11 is 6.15. The van der Waals surface area contributed by atoms with Gasteiger partial charge in [0.2, 0.25) is 11.8 Å². The Hall–Kier alpha value is -3.04. The molecule has 3 aliphatic rings. The molecular formula is C23H25ClN6O3. The summed E-state index contributed by atoms with van der Waals surface area (Å²) in [6.07, 6.45) is 5.74. The van der Waals surface area contributed by atoms with Gasteiger partial charge in [0, 0.05) is 31.1 Å². The fraction of sp³-hybridized carbons (Fsp3) is 0.435. The SMILES string of the molecule is O=C1CCC(N2Cc3c(CN(c4cncc(Cl)n4)C4CCNCC4)cccc3C2=O)C(=O)N1. The molecule has 2 N–H and O–H groups in total. The summed E-state index contributed by atoms with van der Waals surface area (Å²) in [7, 11) is 0. The highest BCUT2D eigenvalue weighted by Crippen LogP contribution is 2.32. The summed E-state index contributed by atoms with van der Waals surface area (Å²) in [4.78, 5) is 49.7. The first-order valence-electron chi connectivity index (χ1n) is 11.2. The third-order valence-corrected chi connectivity index (χ3v) is 6.84. The minimum Gasteiger partial charge on any atom is -0.348 e. The van der Waals surface area contributed by atoms with Crippen LogP contribution < -0.4 is 15.5 Å². The Morgan fingerprint density at radius 1 is 1.12 bits per heavy atom. The van der Waals surface area contributed by atoms with Crippen LogP contribution in [0.2, 0.25) is 5.15 Å². The molecule has 1 atom stereocenters. The van der Waals surface area contributed by atoms with Crippen molar-refractivity contribution < 1.29 is 14.4 Å². The van der Waals surface area contributed by atoms with E-state index in [2.05, 4.69) is 25.5 Å². The van der Waals surface area contributed by atoms with Crippen molar-refractivity contribution in [2.24, 2.45) is 0 Å². The monoisotopic (exact) mass is 468 g/mol. The minimum atomic E-state index is -0.630. The topological polar surface area (TPSA) is 108 Å². The van der Waals surface area contributed by atoms with Crippen LogP contribution in [0.1, 0.15) is 47.2 Å². The van der Waals surface area contributed by atoms with E-state index in [0.717, 1.165) is 37.1 Å². The number of rotatable bonds is 5. The fourth-order valence-corrected chi connectivity index (χ4v) is 5.11. The number of halogens is 1. The number of aromatic nitrogens is 2. The number of hydrogen-bond acceptors (Lipinski definition) is 7. The summed E-state index contributed by atoms with van der Waals surface area (Å²) in [6.45, 7) is 2.74. The Balaban J connectivity index is 1.44. The molecule has 0 aliphatic carbocycles. The Bertz CT molecular complexity index is 1100. The van der Waals surface area contributed by atoms with Crippen LogP contribution in [-0.2, 0) is 22.7 Å². The van der Waals surface area contributed by atoms with Crippen LogP contribution >= 0.6 is 11.6 Å². The number of piperidine rings is 2. The van der Waals surface area contributed by atoms with Crippen molar-refractivity contribution in [1.29, 1.82) is 0 Å². The van der Waals surface area contributed by atoms with Gasteiger partial charge in [-0.3, -0.25) is 24.7 Å². The maximum absolute atomic E-state index is 13.2. The van der Waals surface area contributed by atoms with E-state index in [-0.39, 0.29) is 24.3 Å². The van der Waals surface area contributed by atoms with Crippen molar-refractivity contribution in [3.05, 3.63) is 52.4 Å². The van der Waals surface area contributed by atoms with Crippen molar-refractivity contribution in [3.8, 4) is 0 Å². The zero-order valence-electron chi connectivity index (χ0n) is 18.1. The number of imide groups is 1. The van der Waals surface area contributed by atoms with Crippen LogP contribution in [0.25, 0.3) is 0 Å². The fourth-order valence-electron chi connectivity index (χ4n) is 4.97. The molecule has 3 amide bonds. The van der Waals surface area contributed by atoms with E-state index in [0.29, 0.717) is 36.0 Å². The molecule has 10 heteroatoms. The highest BCUT2D eigenvalue weighted by molar-refractivity contribution is 6.29. The summed E-state index contributed by atoms with van der Waals surface area (Å²) in [5.41, 5.74) is 2.54. The Morgan fingerprint density at radius 3 is 2.70 bits per heavy atom. The molecule has 5 rings (SSSR count). The van der Waals surface area contributed by atoms with Gasteiger partial charge in [0.15, 0.2) is 0 Å². The first-order valence-corrected chi connectivity index (χ1v) is 11.6. The number of nitrogens with zero attached hydrogens (tertiary/aromatic N) is 4. The number of nitrogens with one attached hydrogen (secondary N) is 2. The van der Waals surface area contributed by atoms with Gasteiger partial charge in [0.05, 0.1) is 12.4 Å². The van der Waals surface area contributed by atoms with Gasteiger partial charge in [0.25, 0.3) is 5.91 Å². The van der Waals surface area contributed by atoms with E-state index in [1.165, 1.54) is 6.20 Å². The van der Waals surface area contributed by atoms with Gasteiger partial charge >= 0.3 is 0 Å². The molecule has 4 heterocycles. The van der Waals surface area contributed by atoms with Crippen LogP contribution in [-0.4, -0.2) is 57.8 Å². The average molecular weight is 469 g/mol. The van der Waals surface area contributed by atoms with Crippen molar-refractivity contribution >= 4 is 35.1 Å². The lowest BCUT2D eigenvalue weighted by atomic mass is 10.00. The third kappa shape index (κ3) is 4.30. The first-order chi connectivity index (χ1) is 16.0. The Morgan fingerprint density at radius 2 is 1.94 bits per heavy atom. The molecule has 2 aromatic rings. The highest BCUT2D eigenvalue weighted by atomic mass is 35.5. The zero-order valence-corrected chi connectivity index (χ0v) is 18.8. The predicted molar refractivity (Wildman–Crippen MR) is 122 cm³/mol. The molecule has 1 aromatic heterocycles. The molecule has 33 heavy (non-hydrogen) atoms. The second-order valence-electron chi connectivity index (χ2n) is 8.65. The number of benzene rings is 1. The van der Waals surface area contributed by atoms with E-state index >= 15 is 0 Å². The molecule has 2 saturated heterocycles. The second kappa shape index (κ2) is 9.07. The van der Waals surface area contributed by atoms with E-state index in [1.54, 1.807) is 17.2 Å². The average Bonchev–Trinajstić information content (AvgIpc) is 3.15. The summed E-state index contributed by atoms with van der Waals surface area (Å²) in [6, 6.07) is 5.34. The number of fused-ring (bicyclic) bond motifs is 1. The van der Waals surface area contributed by atoms with Crippen molar-refractivity contribution in [2.75, 3.05) is 18.0 Å². The van der Waals surface area contributed by atoms with Crippen LogP contribution in [0, 0.1) is 0 Å². The molecule has 172 valence electrons. The molecule has 9 nitrogen and oxygen atoms in total. The lowest BCUT2D eigenvalue weighted by Gasteiger charge is -2.36. The van der Waals surface area contributed by atoms with Crippen LogP contribution in [0.15, 0.2) is 30.6 Å². The van der Waals surface area contributed by atoms with Gasteiger partial charge in [-0.25, -0.2) is 4.98 Å². The number of amides is 3. The Labute approximate surface area is 196 Å². The molecule has 1 unspecified atom stereocenters. The largest absolute Gasteiger partial charge is 0.348 e. The first kappa shape index (κ1) is 21.8. The van der Waals surface area contributed by atoms with Gasteiger partial charge in [-0.15, -0.1) is 0 Å². The lowest BCUT2D eigenvalue weighted by Crippen LogP contribution is -2.52. The second-order valence-corrected chi connectivity index (χ2v) is 9.04. The number of hydrogen-bond donors (Lipinski definition) is 2. The van der Waals surface area contributed by atoms with Crippen molar-refractivity contribution in [2.45, 2.75) is 50.9 Å². The quantitative estimate of drug-likeness (QED) is 0.642. The molecule has 0 radical (unpaired) electrons.